The van der Waals surface area contributed by atoms with Gasteiger partial charge in [-0.1, -0.05) is 0 Å². The van der Waals surface area contributed by atoms with E-state index in [0.29, 0.717) is 37.0 Å². The number of fused-ring (bicyclic) bond motifs is 1. The number of aromatic nitrogens is 1. The molecule has 9 heteroatoms. The number of halogens is 4. The Kier molecular flexibility index (Phi) is 5.38. The van der Waals surface area contributed by atoms with Gasteiger partial charge in [0.15, 0.2) is 5.88 Å². The topological polar surface area (TPSA) is 69.6 Å². The van der Waals surface area contributed by atoms with Crippen molar-refractivity contribution < 1.29 is 27.4 Å². The molecule has 30 heavy (non-hydrogen) atoms. The molecule has 1 fully saturated rings. The predicted molar refractivity (Wildman–Crippen MR) is 106 cm³/mol. The molecule has 0 spiro atoms. The van der Waals surface area contributed by atoms with Crippen molar-refractivity contribution in [1.82, 2.24) is 4.98 Å². The fourth-order valence-electron chi connectivity index (χ4n) is 3.48. The van der Waals surface area contributed by atoms with Crippen LogP contribution in [0.25, 0.3) is 10.9 Å². The van der Waals surface area contributed by atoms with Crippen molar-refractivity contribution in [3.05, 3.63) is 53.3 Å². The highest BCUT2D eigenvalue weighted by Crippen LogP contribution is 2.38. The van der Waals surface area contributed by atoms with E-state index in [0.717, 1.165) is 6.07 Å². The fraction of sp³-hybridized carbons (Fsp3) is 0.286. The second-order valence-corrected chi connectivity index (χ2v) is 7.09. The number of aromatic hydroxyl groups is 1. The maximum atomic E-state index is 13.6. The van der Waals surface area contributed by atoms with Gasteiger partial charge in [0.2, 0.25) is 0 Å². The minimum absolute atomic E-state index is 0.00892. The van der Waals surface area contributed by atoms with Crippen molar-refractivity contribution >= 4 is 28.5 Å². The number of hydrogen-bond acceptors (Lipinski definition) is 4. The number of ether oxygens (including phenoxy) is 1. The number of anilines is 1. The number of alkyl halides is 3. The summed E-state index contributed by atoms with van der Waals surface area (Å²) in [6, 6.07) is 7.57. The Morgan fingerprint density at radius 1 is 1.13 bits per heavy atom. The normalized spacial score (nSPS) is 15.9. The zero-order valence-electron chi connectivity index (χ0n) is 15.8. The molecule has 0 saturated carbocycles. The van der Waals surface area contributed by atoms with Crippen LogP contribution >= 0.6 is 0 Å². The molecule has 1 saturated heterocycles. The summed E-state index contributed by atoms with van der Waals surface area (Å²) >= 11 is 0. The first-order chi connectivity index (χ1) is 14.3. The van der Waals surface area contributed by atoms with E-state index in [1.807, 2.05) is 0 Å². The van der Waals surface area contributed by atoms with E-state index < -0.39 is 17.6 Å². The first kappa shape index (κ1) is 20.2. The van der Waals surface area contributed by atoms with E-state index in [1.165, 1.54) is 36.5 Å². The molecular weight excluding hydrogens is 402 g/mol. The highest BCUT2D eigenvalue weighted by molar-refractivity contribution is 6.02. The minimum Gasteiger partial charge on any atom is -0.494 e. The molecule has 4 rings (SSSR count). The van der Waals surface area contributed by atoms with Crippen LogP contribution in [0.4, 0.5) is 28.9 Å². The standard InChI is InChI=1S/C21H19F4N3O2/c22-12-1-3-18-15(9-12)16(20(29)28-18)11-26-14-2-4-19(17(10-14)21(23,24)25)27-13-5-7-30-8-6-13/h1-4,9-11,13,27-29H,5-8H2. The van der Waals surface area contributed by atoms with Gasteiger partial charge in [-0.3, -0.25) is 4.99 Å². The fourth-order valence-corrected chi connectivity index (χ4v) is 3.48. The molecule has 1 aromatic heterocycles. The quantitative estimate of drug-likeness (QED) is 0.392. The number of nitrogens with one attached hydrogen (secondary N) is 2. The first-order valence-electron chi connectivity index (χ1n) is 9.41. The Morgan fingerprint density at radius 3 is 2.63 bits per heavy atom. The largest absolute Gasteiger partial charge is 0.494 e. The van der Waals surface area contributed by atoms with Crippen LogP contribution in [0.1, 0.15) is 24.0 Å². The zero-order valence-corrected chi connectivity index (χ0v) is 15.8. The van der Waals surface area contributed by atoms with Crippen LogP contribution < -0.4 is 5.32 Å². The molecule has 0 atom stereocenters. The van der Waals surface area contributed by atoms with Gasteiger partial charge < -0.3 is 20.1 Å². The summed E-state index contributed by atoms with van der Waals surface area (Å²) in [5.41, 5.74) is -0.0852. The van der Waals surface area contributed by atoms with E-state index in [1.54, 1.807) is 0 Å². The SMILES string of the molecule is Oc1[nH]c2ccc(F)cc2c1C=Nc1ccc(NC2CCOCC2)c(C(F)(F)F)c1. The van der Waals surface area contributed by atoms with E-state index >= 15 is 0 Å². The van der Waals surface area contributed by atoms with Gasteiger partial charge in [-0.05, 0) is 49.2 Å². The van der Waals surface area contributed by atoms with Crippen molar-refractivity contribution in [2.45, 2.75) is 25.1 Å². The third kappa shape index (κ3) is 4.25. The first-order valence-corrected chi connectivity index (χ1v) is 9.41. The number of aliphatic imine (C=N–C) groups is 1. The lowest BCUT2D eigenvalue weighted by Gasteiger charge is -2.26. The number of nitrogens with zero attached hydrogens (tertiary/aromatic N) is 1. The molecule has 0 radical (unpaired) electrons. The van der Waals surface area contributed by atoms with Crippen LogP contribution in [0.3, 0.4) is 0 Å². The van der Waals surface area contributed by atoms with Crippen LogP contribution in [0.2, 0.25) is 0 Å². The van der Waals surface area contributed by atoms with Crippen LogP contribution in [0.5, 0.6) is 5.88 Å². The van der Waals surface area contributed by atoms with Gasteiger partial charge in [-0.15, -0.1) is 0 Å². The molecule has 3 aromatic rings. The van der Waals surface area contributed by atoms with E-state index in [9.17, 15) is 22.7 Å². The molecule has 0 unspecified atom stereocenters. The second-order valence-electron chi connectivity index (χ2n) is 7.09. The summed E-state index contributed by atoms with van der Waals surface area (Å²) in [4.78, 5) is 6.75. The lowest BCUT2D eigenvalue weighted by Crippen LogP contribution is -2.28. The third-order valence-electron chi connectivity index (χ3n) is 5.01. The van der Waals surface area contributed by atoms with Crippen LogP contribution in [-0.2, 0) is 10.9 Å². The van der Waals surface area contributed by atoms with Gasteiger partial charge >= 0.3 is 6.18 Å². The lowest BCUT2D eigenvalue weighted by molar-refractivity contribution is -0.136. The van der Waals surface area contributed by atoms with Gasteiger partial charge in [0.25, 0.3) is 0 Å². The number of aromatic amines is 1. The number of hydrogen-bond donors (Lipinski definition) is 3. The summed E-state index contributed by atoms with van der Waals surface area (Å²) in [6.45, 7) is 1.02. The van der Waals surface area contributed by atoms with Crippen molar-refractivity contribution in [1.29, 1.82) is 0 Å². The molecule has 158 valence electrons. The monoisotopic (exact) mass is 421 g/mol. The number of benzene rings is 2. The highest BCUT2D eigenvalue weighted by Gasteiger charge is 2.34. The van der Waals surface area contributed by atoms with E-state index in [4.69, 9.17) is 4.74 Å². The molecule has 2 heterocycles. The maximum absolute atomic E-state index is 13.6. The molecule has 0 amide bonds. The summed E-state index contributed by atoms with van der Waals surface area (Å²) in [5.74, 6) is -0.743. The molecule has 0 aliphatic carbocycles. The zero-order chi connectivity index (χ0) is 21.3. The Bertz CT molecular complexity index is 1090. The summed E-state index contributed by atoms with van der Waals surface area (Å²) < 4.78 is 59.6. The van der Waals surface area contributed by atoms with E-state index in [-0.39, 0.29) is 28.9 Å². The van der Waals surface area contributed by atoms with Gasteiger partial charge in [-0.25, -0.2) is 4.39 Å². The van der Waals surface area contributed by atoms with Crippen LogP contribution in [0.15, 0.2) is 41.4 Å². The van der Waals surface area contributed by atoms with Gasteiger partial charge in [0.05, 0.1) is 16.8 Å². The Morgan fingerprint density at radius 2 is 1.90 bits per heavy atom. The minimum atomic E-state index is -4.56. The van der Waals surface area contributed by atoms with Crippen LogP contribution in [-0.4, -0.2) is 35.6 Å². The molecule has 5 nitrogen and oxygen atoms in total. The lowest BCUT2D eigenvalue weighted by atomic mass is 10.1. The number of rotatable bonds is 4. The van der Waals surface area contributed by atoms with E-state index in [2.05, 4.69) is 15.3 Å². The average molecular weight is 421 g/mol. The summed E-state index contributed by atoms with van der Waals surface area (Å²) in [5, 5.41) is 13.4. The average Bonchev–Trinajstić information content (AvgIpc) is 3.01. The predicted octanol–water partition coefficient (Wildman–Crippen LogP) is 5.37. The molecule has 1 aliphatic rings. The van der Waals surface area contributed by atoms with Gasteiger partial charge in [-0.2, -0.15) is 13.2 Å². The highest BCUT2D eigenvalue weighted by atomic mass is 19.4. The van der Waals surface area contributed by atoms with Crippen molar-refractivity contribution in [3.63, 3.8) is 0 Å². The van der Waals surface area contributed by atoms with Crippen LogP contribution in [0, 0.1) is 5.82 Å². The third-order valence-corrected chi connectivity index (χ3v) is 5.01. The molecule has 2 aromatic carbocycles. The summed E-state index contributed by atoms with van der Waals surface area (Å²) in [7, 11) is 0. The smallest absolute Gasteiger partial charge is 0.418 e. The Labute approximate surface area is 169 Å². The maximum Gasteiger partial charge on any atom is 0.418 e. The Hall–Kier alpha value is -3.07. The van der Waals surface area contributed by atoms with Crippen molar-refractivity contribution in [2.75, 3.05) is 18.5 Å². The van der Waals surface area contributed by atoms with Crippen molar-refractivity contribution in [2.24, 2.45) is 4.99 Å². The van der Waals surface area contributed by atoms with Gasteiger partial charge in [0.1, 0.15) is 5.82 Å². The van der Waals surface area contributed by atoms with Gasteiger partial charge in [0, 0.05) is 42.1 Å². The Balaban J connectivity index is 1.65. The second kappa shape index (κ2) is 7.98. The molecule has 1 aliphatic heterocycles. The van der Waals surface area contributed by atoms with Crippen molar-refractivity contribution in [3.8, 4) is 5.88 Å². The number of H-pyrrole nitrogens is 1. The molecule has 0 bridgehead atoms. The molecular formula is C21H19F4N3O2. The summed E-state index contributed by atoms with van der Waals surface area (Å²) in [6.07, 6.45) is -2.08. The molecule has 3 N–H and O–H groups in total.